The Morgan fingerprint density at radius 3 is 2.06 bits per heavy atom. The number of hydrogen-bond acceptors (Lipinski definition) is 6. The molecule has 1 saturated heterocycles. The summed E-state index contributed by atoms with van der Waals surface area (Å²) in [6, 6.07) is 14.4. The smallest absolute Gasteiger partial charge is 0.335 e. The summed E-state index contributed by atoms with van der Waals surface area (Å²) in [7, 11) is 2.18. The zero-order valence-corrected chi connectivity index (χ0v) is 17.4. The first-order valence-corrected chi connectivity index (χ1v) is 9.63. The van der Waals surface area contributed by atoms with Gasteiger partial charge in [0.15, 0.2) is 12.2 Å². The number of carboxylic acid groups (broad SMARTS) is 2. The average Bonchev–Trinajstić information content (AvgIpc) is 3.05. The number of aliphatic hydroxyl groups is 2. The van der Waals surface area contributed by atoms with Crippen molar-refractivity contribution in [2.45, 2.75) is 24.0 Å². The summed E-state index contributed by atoms with van der Waals surface area (Å²) in [4.78, 5) is 21.9. The number of fused-ring (bicyclic) bond motifs is 5. The molecule has 0 spiro atoms. The molecule has 0 saturated carbocycles. The molecule has 0 radical (unpaired) electrons. The van der Waals surface area contributed by atoms with Crippen molar-refractivity contribution in [3.05, 3.63) is 58.6 Å². The number of carbonyl (C=O) groups is 2. The largest absolute Gasteiger partial charge is 0.479 e. The lowest BCUT2D eigenvalue weighted by atomic mass is 9.84. The Labute approximate surface area is 183 Å². The normalized spacial score (nSPS) is 20.8. The molecule has 2 aliphatic heterocycles. The third-order valence-corrected chi connectivity index (χ3v) is 5.45. The van der Waals surface area contributed by atoms with E-state index in [9.17, 15) is 9.59 Å². The van der Waals surface area contributed by atoms with E-state index in [0.717, 1.165) is 29.6 Å². The van der Waals surface area contributed by atoms with Crippen LogP contribution in [0.2, 0.25) is 5.02 Å². The zero-order valence-electron chi connectivity index (χ0n) is 16.6. The molecule has 4 rings (SSSR count). The van der Waals surface area contributed by atoms with Gasteiger partial charge in [0.2, 0.25) is 0 Å². The number of halogens is 1. The Morgan fingerprint density at radius 1 is 0.968 bits per heavy atom. The Hall–Kier alpha value is -2.69. The number of nitrogens with zero attached hydrogens (tertiary/aromatic N) is 1. The number of para-hydroxylation sites is 1. The van der Waals surface area contributed by atoms with E-state index < -0.39 is 24.1 Å². The van der Waals surface area contributed by atoms with Crippen LogP contribution >= 0.6 is 11.6 Å². The van der Waals surface area contributed by atoms with Crippen LogP contribution in [-0.4, -0.2) is 75.1 Å². The molecule has 0 aliphatic carbocycles. The molecule has 31 heavy (non-hydrogen) atoms. The molecule has 168 valence electrons. The van der Waals surface area contributed by atoms with Gasteiger partial charge >= 0.3 is 11.9 Å². The number of likely N-dealkylation sites (tertiary alicyclic amines) is 1. The van der Waals surface area contributed by atoms with Gasteiger partial charge in [-0.3, -0.25) is 0 Å². The second-order valence-corrected chi connectivity index (χ2v) is 7.76. The summed E-state index contributed by atoms with van der Waals surface area (Å²) >= 11 is 6.20. The predicted octanol–water partition coefficient (Wildman–Crippen LogP) is 1.31. The molecule has 0 bridgehead atoms. The minimum atomic E-state index is -2.27. The van der Waals surface area contributed by atoms with Gasteiger partial charge in [0, 0.05) is 35.5 Å². The summed E-state index contributed by atoms with van der Waals surface area (Å²) in [6.07, 6.45) is -4.53. The molecular formula is C21H24ClNO8. The number of benzene rings is 2. The van der Waals surface area contributed by atoms with E-state index in [1.54, 1.807) is 0 Å². The predicted molar refractivity (Wildman–Crippen MR) is 112 cm³/mol. The molecule has 2 aliphatic rings. The van der Waals surface area contributed by atoms with Gasteiger partial charge in [-0.25, -0.2) is 9.59 Å². The summed E-state index contributed by atoms with van der Waals surface area (Å²) < 4.78 is 6.15. The number of likely N-dealkylation sites (N-methyl/N-ethyl adjacent to an activating group) is 1. The summed E-state index contributed by atoms with van der Waals surface area (Å²) in [5, 5.41) is 33.3. The third kappa shape index (κ3) is 5.33. The van der Waals surface area contributed by atoms with Gasteiger partial charge in [-0.15, -0.1) is 0 Å². The molecular weight excluding hydrogens is 430 g/mol. The number of rotatable bonds is 3. The van der Waals surface area contributed by atoms with Gasteiger partial charge in [-0.05, 0) is 36.9 Å². The highest BCUT2D eigenvalue weighted by Crippen LogP contribution is 2.49. The minimum Gasteiger partial charge on any atom is -0.479 e. The quantitative estimate of drug-likeness (QED) is 0.541. The van der Waals surface area contributed by atoms with Crippen molar-refractivity contribution in [2.24, 2.45) is 0 Å². The van der Waals surface area contributed by atoms with E-state index in [1.165, 1.54) is 11.1 Å². The Morgan fingerprint density at radius 2 is 1.48 bits per heavy atom. The van der Waals surface area contributed by atoms with Gasteiger partial charge in [0.25, 0.3) is 0 Å². The van der Waals surface area contributed by atoms with Crippen LogP contribution in [0.15, 0.2) is 42.5 Å². The minimum absolute atomic E-state index is 0. The molecule has 0 aromatic heterocycles. The maximum atomic E-state index is 9.77. The first-order valence-electron chi connectivity index (χ1n) is 9.25. The fraction of sp³-hybridized carbons (Fsp3) is 0.333. The van der Waals surface area contributed by atoms with Crippen LogP contribution in [0.25, 0.3) is 0 Å². The monoisotopic (exact) mass is 453 g/mol. The summed E-state index contributed by atoms with van der Waals surface area (Å²) in [5.41, 5.74) is 2.55. The van der Waals surface area contributed by atoms with Gasteiger partial charge in [0.05, 0.1) is 0 Å². The molecule has 1 fully saturated rings. The molecule has 6 N–H and O–H groups in total. The maximum Gasteiger partial charge on any atom is 0.335 e. The highest BCUT2D eigenvalue weighted by Gasteiger charge is 2.38. The summed E-state index contributed by atoms with van der Waals surface area (Å²) in [6.45, 7) is 2.12. The number of hydrogen-bond donors (Lipinski definition) is 4. The summed E-state index contributed by atoms with van der Waals surface area (Å²) in [5.74, 6) is -0.665. The molecule has 2 aromatic carbocycles. The van der Waals surface area contributed by atoms with Crippen molar-refractivity contribution in [3.63, 3.8) is 0 Å². The maximum absolute atomic E-state index is 9.77. The lowest BCUT2D eigenvalue weighted by Gasteiger charge is -2.17. The van der Waals surface area contributed by atoms with Gasteiger partial charge < -0.3 is 35.5 Å². The van der Waals surface area contributed by atoms with Crippen molar-refractivity contribution in [1.82, 2.24) is 4.90 Å². The molecule has 2 heterocycles. The Balaban J connectivity index is 0.000000269. The van der Waals surface area contributed by atoms with E-state index in [1.807, 2.05) is 18.2 Å². The van der Waals surface area contributed by atoms with E-state index in [-0.39, 0.29) is 5.48 Å². The van der Waals surface area contributed by atoms with Crippen LogP contribution in [0.1, 0.15) is 23.0 Å². The van der Waals surface area contributed by atoms with Crippen molar-refractivity contribution in [2.75, 3.05) is 20.1 Å². The SMILES string of the molecule is CN1C[C@H]2c3ccccc3Oc3ccc(Cl)cc3[C@@H]2C1.O.O=C(O)C(O)C(O)C(=O)O. The Kier molecular flexibility index (Phi) is 7.99. The lowest BCUT2D eigenvalue weighted by Crippen LogP contribution is -2.39. The van der Waals surface area contributed by atoms with Crippen LogP contribution in [0, 0.1) is 0 Å². The van der Waals surface area contributed by atoms with E-state index in [0.29, 0.717) is 11.8 Å². The van der Waals surface area contributed by atoms with Gasteiger partial charge in [-0.2, -0.15) is 0 Å². The Bertz CT molecular complexity index is 935. The van der Waals surface area contributed by atoms with E-state index >= 15 is 0 Å². The highest BCUT2D eigenvalue weighted by molar-refractivity contribution is 6.30. The molecule has 4 atom stereocenters. The molecule has 10 heteroatoms. The third-order valence-electron chi connectivity index (χ3n) is 5.22. The van der Waals surface area contributed by atoms with Crippen LogP contribution in [0.3, 0.4) is 0 Å². The molecule has 0 amide bonds. The number of ether oxygens (including phenoxy) is 1. The molecule has 2 unspecified atom stereocenters. The second kappa shape index (κ2) is 10.1. The van der Waals surface area contributed by atoms with Crippen molar-refractivity contribution >= 4 is 23.5 Å². The number of aliphatic carboxylic acids is 2. The zero-order chi connectivity index (χ0) is 22.0. The number of aliphatic hydroxyl groups excluding tert-OH is 2. The highest BCUT2D eigenvalue weighted by atomic mass is 35.5. The van der Waals surface area contributed by atoms with Crippen molar-refractivity contribution in [1.29, 1.82) is 0 Å². The van der Waals surface area contributed by atoms with Crippen LogP contribution in [0.5, 0.6) is 11.5 Å². The first kappa shape index (κ1) is 24.6. The van der Waals surface area contributed by atoms with Gasteiger partial charge in [0.1, 0.15) is 11.5 Å². The number of carboxylic acids is 2. The van der Waals surface area contributed by atoms with Crippen LogP contribution < -0.4 is 4.74 Å². The van der Waals surface area contributed by atoms with Crippen LogP contribution in [0.4, 0.5) is 0 Å². The average molecular weight is 454 g/mol. The standard InChI is InChI=1S/C17H16ClNO.C4H6O6.H2O/c1-19-9-14-12-4-2-3-5-16(12)20-17-7-6-11(18)8-13(17)15(14)10-19;5-1(3(7)8)2(6)4(9)10;/h2-8,14-15H,9-10H2,1H3;1-2,5-6H,(H,7,8)(H,9,10);1H2/t14-,15-;;/m0../s1. The fourth-order valence-corrected chi connectivity index (χ4v) is 3.98. The van der Waals surface area contributed by atoms with Gasteiger partial charge in [-0.1, -0.05) is 29.8 Å². The van der Waals surface area contributed by atoms with Crippen molar-refractivity contribution in [3.8, 4) is 11.5 Å². The topological polar surface area (TPSA) is 159 Å². The van der Waals surface area contributed by atoms with Crippen molar-refractivity contribution < 1.29 is 40.2 Å². The first-order chi connectivity index (χ1) is 14.2. The molecule has 9 nitrogen and oxygen atoms in total. The van der Waals surface area contributed by atoms with E-state index in [4.69, 9.17) is 36.8 Å². The lowest BCUT2D eigenvalue weighted by molar-refractivity contribution is -0.165. The van der Waals surface area contributed by atoms with Crippen LogP contribution in [-0.2, 0) is 9.59 Å². The fourth-order valence-electron chi connectivity index (χ4n) is 3.80. The molecule has 2 aromatic rings. The second-order valence-electron chi connectivity index (χ2n) is 7.32. The van der Waals surface area contributed by atoms with E-state index in [2.05, 4.69) is 36.2 Å².